The molecule has 0 spiro atoms. The van der Waals surface area contributed by atoms with Crippen molar-refractivity contribution < 1.29 is 15.0 Å². The zero-order chi connectivity index (χ0) is 10.9. The minimum atomic E-state index is -0.935. The normalized spacial score (nSPS) is 33.9. The van der Waals surface area contributed by atoms with E-state index in [2.05, 4.69) is 13.8 Å². The standard InChI is InChI=1S/C11H20O3/c1-4-9(10(12)13)11(14)5-8(6-11)7(2)3/h7-9,14H,4-6H2,1-3H3,(H,12,13). The van der Waals surface area contributed by atoms with Crippen LogP contribution in [0.4, 0.5) is 0 Å². The van der Waals surface area contributed by atoms with Gasteiger partial charge in [0.2, 0.25) is 0 Å². The number of carboxylic acids is 1. The summed E-state index contributed by atoms with van der Waals surface area (Å²) in [5.41, 5.74) is -0.935. The first-order valence-electron chi connectivity index (χ1n) is 5.36. The molecule has 1 rings (SSSR count). The van der Waals surface area contributed by atoms with Crippen molar-refractivity contribution in [1.82, 2.24) is 0 Å². The lowest BCUT2D eigenvalue weighted by atomic mass is 9.60. The quantitative estimate of drug-likeness (QED) is 0.728. The highest BCUT2D eigenvalue weighted by Crippen LogP contribution is 2.47. The van der Waals surface area contributed by atoms with Gasteiger partial charge in [0.05, 0.1) is 11.5 Å². The molecular formula is C11H20O3. The third-order valence-corrected chi connectivity index (χ3v) is 3.53. The van der Waals surface area contributed by atoms with Crippen molar-refractivity contribution >= 4 is 5.97 Å². The average Bonchev–Trinajstić information content (AvgIpc) is 1.99. The first-order chi connectivity index (χ1) is 6.40. The molecule has 0 aromatic heterocycles. The maximum atomic E-state index is 10.9. The largest absolute Gasteiger partial charge is 0.481 e. The van der Waals surface area contributed by atoms with Gasteiger partial charge >= 0.3 is 5.97 Å². The van der Waals surface area contributed by atoms with Crippen molar-refractivity contribution in [3.8, 4) is 0 Å². The van der Waals surface area contributed by atoms with Gasteiger partial charge in [0, 0.05) is 0 Å². The fourth-order valence-electron chi connectivity index (χ4n) is 2.39. The van der Waals surface area contributed by atoms with E-state index in [9.17, 15) is 9.90 Å². The van der Waals surface area contributed by atoms with Crippen LogP contribution in [0.15, 0.2) is 0 Å². The topological polar surface area (TPSA) is 57.5 Å². The highest BCUT2D eigenvalue weighted by Gasteiger charge is 2.51. The van der Waals surface area contributed by atoms with Crippen LogP contribution in [0, 0.1) is 17.8 Å². The van der Waals surface area contributed by atoms with E-state index in [0.29, 0.717) is 31.1 Å². The van der Waals surface area contributed by atoms with Crippen LogP contribution in [0.1, 0.15) is 40.0 Å². The third kappa shape index (κ3) is 1.92. The molecule has 1 atom stereocenters. The summed E-state index contributed by atoms with van der Waals surface area (Å²) < 4.78 is 0. The third-order valence-electron chi connectivity index (χ3n) is 3.53. The van der Waals surface area contributed by atoms with Crippen molar-refractivity contribution in [3.63, 3.8) is 0 Å². The maximum absolute atomic E-state index is 10.9. The molecule has 0 saturated heterocycles. The van der Waals surface area contributed by atoms with Crippen LogP contribution >= 0.6 is 0 Å². The second-order valence-electron chi connectivity index (χ2n) is 4.81. The van der Waals surface area contributed by atoms with Gasteiger partial charge in [0.1, 0.15) is 0 Å². The van der Waals surface area contributed by atoms with E-state index in [4.69, 9.17) is 5.11 Å². The van der Waals surface area contributed by atoms with Gasteiger partial charge in [-0.15, -0.1) is 0 Å². The van der Waals surface area contributed by atoms with E-state index in [0.717, 1.165) is 0 Å². The van der Waals surface area contributed by atoms with Gasteiger partial charge in [-0.05, 0) is 31.1 Å². The van der Waals surface area contributed by atoms with E-state index in [1.54, 1.807) is 0 Å². The Hall–Kier alpha value is -0.570. The predicted molar refractivity (Wildman–Crippen MR) is 53.9 cm³/mol. The Morgan fingerprint density at radius 1 is 1.50 bits per heavy atom. The van der Waals surface area contributed by atoms with Crippen molar-refractivity contribution in [2.75, 3.05) is 0 Å². The fraction of sp³-hybridized carbons (Fsp3) is 0.909. The number of rotatable bonds is 4. The molecule has 0 aromatic rings. The summed E-state index contributed by atoms with van der Waals surface area (Å²) in [7, 11) is 0. The van der Waals surface area contributed by atoms with E-state index in [1.165, 1.54) is 0 Å². The van der Waals surface area contributed by atoms with Gasteiger partial charge in [-0.1, -0.05) is 20.8 Å². The van der Waals surface area contributed by atoms with Crippen LogP contribution in [0.2, 0.25) is 0 Å². The van der Waals surface area contributed by atoms with E-state index in [-0.39, 0.29) is 0 Å². The van der Waals surface area contributed by atoms with Gasteiger partial charge in [-0.25, -0.2) is 0 Å². The van der Waals surface area contributed by atoms with E-state index in [1.807, 2.05) is 6.92 Å². The number of aliphatic hydroxyl groups is 1. The molecule has 0 aromatic carbocycles. The summed E-state index contributed by atoms with van der Waals surface area (Å²) in [5, 5.41) is 19.0. The van der Waals surface area contributed by atoms with Crippen LogP contribution in [0.3, 0.4) is 0 Å². The van der Waals surface area contributed by atoms with Gasteiger partial charge in [-0.2, -0.15) is 0 Å². The van der Waals surface area contributed by atoms with Crippen LogP contribution < -0.4 is 0 Å². The minimum Gasteiger partial charge on any atom is -0.481 e. The summed E-state index contributed by atoms with van der Waals surface area (Å²) in [5.74, 6) is -0.412. The summed E-state index contributed by atoms with van der Waals surface area (Å²) >= 11 is 0. The lowest BCUT2D eigenvalue weighted by molar-refractivity contribution is -0.170. The van der Waals surface area contributed by atoms with Crippen LogP contribution in [0.25, 0.3) is 0 Å². The Labute approximate surface area is 85.1 Å². The zero-order valence-corrected chi connectivity index (χ0v) is 9.16. The predicted octanol–water partition coefficient (Wildman–Crippen LogP) is 1.89. The molecular weight excluding hydrogens is 180 g/mol. The van der Waals surface area contributed by atoms with Gasteiger partial charge in [-0.3, -0.25) is 4.79 Å². The second kappa shape index (κ2) is 3.89. The first-order valence-corrected chi connectivity index (χ1v) is 5.36. The van der Waals surface area contributed by atoms with Crippen molar-refractivity contribution in [1.29, 1.82) is 0 Å². The van der Waals surface area contributed by atoms with E-state index < -0.39 is 17.5 Å². The number of carboxylic acid groups (broad SMARTS) is 1. The Balaban J connectivity index is 2.57. The SMILES string of the molecule is CCC(C(=O)O)C1(O)CC(C(C)C)C1. The Bertz CT molecular complexity index is 217. The Morgan fingerprint density at radius 3 is 2.29 bits per heavy atom. The van der Waals surface area contributed by atoms with Gasteiger partial charge in [0.25, 0.3) is 0 Å². The Kier molecular flexibility index (Phi) is 3.20. The van der Waals surface area contributed by atoms with Crippen LogP contribution in [-0.2, 0) is 4.79 Å². The highest BCUT2D eigenvalue weighted by molar-refractivity contribution is 5.71. The lowest BCUT2D eigenvalue weighted by Gasteiger charge is -2.48. The molecule has 82 valence electrons. The molecule has 0 radical (unpaired) electrons. The smallest absolute Gasteiger partial charge is 0.309 e. The summed E-state index contributed by atoms with van der Waals surface area (Å²) in [6, 6.07) is 0. The molecule has 0 amide bonds. The summed E-state index contributed by atoms with van der Waals surface area (Å²) in [4.78, 5) is 10.9. The van der Waals surface area contributed by atoms with Crippen molar-refractivity contribution in [3.05, 3.63) is 0 Å². The Morgan fingerprint density at radius 2 is 2.00 bits per heavy atom. The molecule has 0 aliphatic heterocycles. The zero-order valence-electron chi connectivity index (χ0n) is 9.16. The maximum Gasteiger partial charge on any atom is 0.309 e. The second-order valence-corrected chi connectivity index (χ2v) is 4.81. The average molecular weight is 200 g/mol. The molecule has 3 heteroatoms. The van der Waals surface area contributed by atoms with Crippen molar-refractivity contribution in [2.45, 2.75) is 45.6 Å². The molecule has 1 fully saturated rings. The molecule has 2 N–H and O–H groups in total. The van der Waals surface area contributed by atoms with E-state index >= 15 is 0 Å². The molecule has 0 heterocycles. The van der Waals surface area contributed by atoms with Crippen LogP contribution in [0.5, 0.6) is 0 Å². The molecule has 3 nitrogen and oxygen atoms in total. The van der Waals surface area contributed by atoms with Gasteiger partial charge < -0.3 is 10.2 Å². The number of carbonyl (C=O) groups is 1. The fourth-order valence-corrected chi connectivity index (χ4v) is 2.39. The van der Waals surface area contributed by atoms with Crippen molar-refractivity contribution in [2.24, 2.45) is 17.8 Å². The number of hydrogen-bond acceptors (Lipinski definition) is 2. The number of aliphatic carboxylic acids is 1. The summed E-state index contributed by atoms with van der Waals surface area (Å²) in [6.07, 6.45) is 1.81. The number of hydrogen-bond donors (Lipinski definition) is 2. The first kappa shape index (κ1) is 11.5. The molecule has 1 aliphatic carbocycles. The highest BCUT2D eigenvalue weighted by atomic mass is 16.4. The molecule has 14 heavy (non-hydrogen) atoms. The molecule has 1 aliphatic rings. The van der Waals surface area contributed by atoms with Gasteiger partial charge in [0.15, 0.2) is 0 Å². The monoisotopic (exact) mass is 200 g/mol. The summed E-state index contributed by atoms with van der Waals surface area (Å²) in [6.45, 7) is 6.05. The minimum absolute atomic E-state index is 0.494. The molecule has 1 unspecified atom stereocenters. The molecule has 1 saturated carbocycles. The van der Waals surface area contributed by atoms with Crippen LogP contribution in [-0.4, -0.2) is 21.8 Å². The lowest BCUT2D eigenvalue weighted by Crippen LogP contribution is -2.53. The molecule has 0 bridgehead atoms.